The van der Waals surface area contributed by atoms with Crippen LogP contribution in [0.4, 0.5) is 11.4 Å². The number of anilines is 1. The van der Waals surface area contributed by atoms with Gasteiger partial charge in [-0.25, -0.2) is 0 Å². The second kappa shape index (κ2) is 6.19. The summed E-state index contributed by atoms with van der Waals surface area (Å²) in [6.07, 6.45) is 1.36. The summed E-state index contributed by atoms with van der Waals surface area (Å²) >= 11 is 0. The van der Waals surface area contributed by atoms with Crippen molar-refractivity contribution in [1.29, 1.82) is 5.26 Å². The second-order valence-corrected chi connectivity index (χ2v) is 5.43. The molecular formula is C14H19N3O2. The first-order chi connectivity index (χ1) is 8.85. The van der Waals surface area contributed by atoms with E-state index in [1.165, 1.54) is 6.07 Å². The van der Waals surface area contributed by atoms with Gasteiger partial charge in [0, 0.05) is 30.3 Å². The van der Waals surface area contributed by atoms with E-state index in [9.17, 15) is 10.1 Å². The molecule has 0 atom stereocenters. The van der Waals surface area contributed by atoms with Crippen molar-refractivity contribution in [2.75, 3.05) is 11.9 Å². The molecule has 0 radical (unpaired) electrons. The lowest BCUT2D eigenvalue weighted by atomic mass is 9.88. The molecule has 0 fully saturated rings. The topological polar surface area (TPSA) is 79.0 Å². The molecule has 0 aromatic heterocycles. The van der Waals surface area contributed by atoms with Gasteiger partial charge in [0.05, 0.1) is 11.0 Å². The standard InChI is InChI=1S/C14H19N3O2/c1-11-9-12(5-6-13(11)17(18)19)16-10-14(2,3)7-4-8-15/h5-6,9,16H,4,7,10H2,1-3H3. The molecule has 5 heteroatoms. The number of nitro groups is 1. The van der Waals surface area contributed by atoms with Gasteiger partial charge in [0.1, 0.15) is 0 Å². The number of hydrogen-bond acceptors (Lipinski definition) is 4. The van der Waals surface area contributed by atoms with Crippen LogP contribution in [0.3, 0.4) is 0 Å². The lowest BCUT2D eigenvalue weighted by Gasteiger charge is -2.24. The third-order valence-corrected chi connectivity index (χ3v) is 3.08. The number of nitrogens with zero attached hydrogens (tertiary/aromatic N) is 2. The summed E-state index contributed by atoms with van der Waals surface area (Å²) < 4.78 is 0. The molecule has 1 aromatic rings. The normalized spacial score (nSPS) is 10.8. The van der Waals surface area contributed by atoms with Crippen LogP contribution in [0.2, 0.25) is 0 Å². The average molecular weight is 261 g/mol. The SMILES string of the molecule is Cc1cc(NCC(C)(C)CCC#N)ccc1[N+](=O)[O-]. The van der Waals surface area contributed by atoms with Crippen LogP contribution in [-0.2, 0) is 0 Å². The average Bonchev–Trinajstić information content (AvgIpc) is 2.34. The van der Waals surface area contributed by atoms with E-state index in [-0.39, 0.29) is 16.0 Å². The Kier molecular flexibility index (Phi) is 4.87. The maximum atomic E-state index is 10.7. The van der Waals surface area contributed by atoms with Gasteiger partial charge in [-0.2, -0.15) is 5.26 Å². The van der Waals surface area contributed by atoms with Crippen LogP contribution in [0.15, 0.2) is 18.2 Å². The molecule has 102 valence electrons. The number of hydrogen-bond donors (Lipinski definition) is 1. The first-order valence-electron chi connectivity index (χ1n) is 6.21. The second-order valence-electron chi connectivity index (χ2n) is 5.43. The Bertz CT molecular complexity index is 504. The molecule has 0 amide bonds. The van der Waals surface area contributed by atoms with Gasteiger partial charge in [-0.05, 0) is 30.9 Å². The monoisotopic (exact) mass is 261 g/mol. The molecule has 0 bridgehead atoms. The molecule has 0 unspecified atom stereocenters. The van der Waals surface area contributed by atoms with Crippen molar-refractivity contribution < 1.29 is 4.92 Å². The highest BCUT2D eigenvalue weighted by molar-refractivity contribution is 5.53. The van der Waals surface area contributed by atoms with Crippen LogP contribution in [0.1, 0.15) is 32.3 Å². The molecule has 0 aliphatic carbocycles. The van der Waals surface area contributed by atoms with Gasteiger partial charge in [-0.3, -0.25) is 10.1 Å². The molecule has 0 aliphatic heterocycles. The fraction of sp³-hybridized carbons (Fsp3) is 0.500. The Morgan fingerprint density at radius 2 is 2.16 bits per heavy atom. The maximum Gasteiger partial charge on any atom is 0.272 e. The molecule has 0 heterocycles. The van der Waals surface area contributed by atoms with Gasteiger partial charge < -0.3 is 5.32 Å². The van der Waals surface area contributed by atoms with Crippen molar-refractivity contribution in [3.05, 3.63) is 33.9 Å². The van der Waals surface area contributed by atoms with Gasteiger partial charge in [-0.15, -0.1) is 0 Å². The third kappa shape index (κ3) is 4.59. The molecular weight excluding hydrogens is 242 g/mol. The van der Waals surface area contributed by atoms with Gasteiger partial charge in [0.2, 0.25) is 0 Å². The maximum absolute atomic E-state index is 10.7. The van der Waals surface area contributed by atoms with Crippen molar-refractivity contribution in [3.63, 3.8) is 0 Å². The lowest BCUT2D eigenvalue weighted by Crippen LogP contribution is -2.22. The van der Waals surface area contributed by atoms with E-state index >= 15 is 0 Å². The van der Waals surface area contributed by atoms with E-state index in [0.29, 0.717) is 12.0 Å². The number of aryl methyl sites for hydroxylation is 1. The summed E-state index contributed by atoms with van der Waals surface area (Å²) in [5, 5.41) is 22.6. The van der Waals surface area contributed by atoms with E-state index in [2.05, 4.69) is 25.2 Å². The predicted molar refractivity (Wildman–Crippen MR) is 75.0 cm³/mol. The molecule has 0 aliphatic rings. The first kappa shape index (κ1) is 15.0. The number of rotatable bonds is 6. The van der Waals surface area contributed by atoms with E-state index < -0.39 is 0 Å². The highest BCUT2D eigenvalue weighted by Crippen LogP contribution is 2.25. The minimum absolute atomic E-state index is 0.0193. The summed E-state index contributed by atoms with van der Waals surface area (Å²) in [5.74, 6) is 0. The number of benzene rings is 1. The zero-order valence-corrected chi connectivity index (χ0v) is 11.6. The molecule has 19 heavy (non-hydrogen) atoms. The molecule has 0 saturated carbocycles. The van der Waals surface area contributed by atoms with Crippen LogP contribution in [0.25, 0.3) is 0 Å². The van der Waals surface area contributed by atoms with Gasteiger partial charge in [-0.1, -0.05) is 13.8 Å². The van der Waals surface area contributed by atoms with Gasteiger partial charge in [0.25, 0.3) is 5.69 Å². The van der Waals surface area contributed by atoms with Crippen LogP contribution in [0, 0.1) is 33.8 Å². The first-order valence-corrected chi connectivity index (χ1v) is 6.21. The molecule has 5 nitrogen and oxygen atoms in total. The zero-order valence-electron chi connectivity index (χ0n) is 11.6. The van der Waals surface area contributed by atoms with E-state index in [4.69, 9.17) is 5.26 Å². The Hall–Kier alpha value is -2.09. The summed E-state index contributed by atoms with van der Waals surface area (Å²) in [5.41, 5.74) is 1.66. The molecule has 0 spiro atoms. The molecule has 1 N–H and O–H groups in total. The predicted octanol–water partition coefficient (Wildman–Crippen LogP) is 3.65. The number of nitrogens with one attached hydrogen (secondary N) is 1. The van der Waals surface area contributed by atoms with E-state index in [1.54, 1.807) is 19.1 Å². The summed E-state index contributed by atoms with van der Waals surface area (Å²) in [6.45, 7) is 6.64. The van der Waals surface area contributed by atoms with Crippen molar-refractivity contribution in [3.8, 4) is 6.07 Å². The Morgan fingerprint density at radius 3 is 2.68 bits per heavy atom. The van der Waals surface area contributed by atoms with Crippen LogP contribution < -0.4 is 5.32 Å². The minimum atomic E-state index is -0.379. The van der Waals surface area contributed by atoms with Gasteiger partial charge >= 0.3 is 0 Å². The number of nitriles is 1. The molecule has 1 rings (SSSR count). The molecule has 1 aromatic carbocycles. The van der Waals surface area contributed by atoms with Crippen molar-refractivity contribution in [1.82, 2.24) is 0 Å². The van der Waals surface area contributed by atoms with Gasteiger partial charge in [0.15, 0.2) is 0 Å². The number of nitro benzene ring substituents is 1. The van der Waals surface area contributed by atoms with Crippen molar-refractivity contribution in [2.45, 2.75) is 33.6 Å². The summed E-state index contributed by atoms with van der Waals surface area (Å²) in [4.78, 5) is 10.3. The van der Waals surface area contributed by atoms with Crippen molar-refractivity contribution >= 4 is 11.4 Å². The lowest BCUT2D eigenvalue weighted by molar-refractivity contribution is -0.385. The quantitative estimate of drug-likeness (QED) is 0.626. The van der Waals surface area contributed by atoms with Crippen LogP contribution in [-0.4, -0.2) is 11.5 Å². The van der Waals surface area contributed by atoms with E-state index in [0.717, 1.165) is 18.7 Å². The Labute approximate surface area is 113 Å². The minimum Gasteiger partial charge on any atom is -0.384 e. The smallest absolute Gasteiger partial charge is 0.272 e. The summed E-state index contributed by atoms with van der Waals surface area (Å²) in [7, 11) is 0. The zero-order chi connectivity index (χ0) is 14.5. The van der Waals surface area contributed by atoms with Crippen LogP contribution in [0.5, 0.6) is 0 Å². The van der Waals surface area contributed by atoms with Crippen molar-refractivity contribution in [2.24, 2.45) is 5.41 Å². The van der Waals surface area contributed by atoms with Crippen LogP contribution >= 0.6 is 0 Å². The fourth-order valence-electron chi connectivity index (χ4n) is 1.79. The highest BCUT2D eigenvalue weighted by Gasteiger charge is 2.17. The third-order valence-electron chi connectivity index (χ3n) is 3.08. The van der Waals surface area contributed by atoms with E-state index in [1.807, 2.05) is 0 Å². The Balaban J connectivity index is 2.66. The fourth-order valence-corrected chi connectivity index (χ4v) is 1.79. The highest BCUT2D eigenvalue weighted by atomic mass is 16.6. The summed E-state index contributed by atoms with van der Waals surface area (Å²) in [6, 6.07) is 7.15. The largest absolute Gasteiger partial charge is 0.384 e. The molecule has 0 saturated heterocycles. The Morgan fingerprint density at radius 1 is 1.47 bits per heavy atom.